The molecule has 0 radical (unpaired) electrons. The number of aliphatic hydroxyl groups is 1. The van der Waals surface area contributed by atoms with Crippen LogP contribution in [0.2, 0.25) is 0 Å². The molecule has 2 N–H and O–H groups in total. The Morgan fingerprint density at radius 1 is 1.48 bits per heavy atom. The van der Waals surface area contributed by atoms with Gasteiger partial charge < -0.3 is 15.2 Å². The minimum absolute atomic E-state index is 0.0452. The van der Waals surface area contributed by atoms with Crippen LogP contribution in [0.5, 0.6) is 0 Å². The van der Waals surface area contributed by atoms with Crippen LogP contribution in [-0.4, -0.2) is 37.9 Å². The first-order valence-corrected chi connectivity index (χ1v) is 7.06. The fourth-order valence-corrected chi connectivity index (χ4v) is 1.87. The molecule has 0 aliphatic heterocycles. The van der Waals surface area contributed by atoms with Crippen molar-refractivity contribution in [3.05, 3.63) is 34.9 Å². The number of nitrogens with one attached hydrogen (secondary N) is 1. The number of ether oxygens (including phenoxy) is 1. The average molecular weight is 289 g/mol. The molecule has 0 saturated heterocycles. The highest BCUT2D eigenvalue weighted by Gasteiger charge is 2.10. The maximum atomic E-state index is 12.2. The van der Waals surface area contributed by atoms with Gasteiger partial charge >= 0.3 is 0 Å². The molecule has 0 heterocycles. The predicted octanol–water partition coefficient (Wildman–Crippen LogP) is 1.74. The van der Waals surface area contributed by atoms with E-state index in [1.807, 2.05) is 26.0 Å². The minimum atomic E-state index is -0.0961. The summed E-state index contributed by atoms with van der Waals surface area (Å²) in [6, 6.07) is 5.55. The standard InChI is InChI=1S/C17H23NO3/c1-13(12-21-3)11-18-17(20)16-10-15(6-4-5-9-19)8-7-14(16)2/h7-8,10,13,19H,5,9,11-12H2,1-3H3,(H,18,20). The van der Waals surface area contributed by atoms with Crippen molar-refractivity contribution in [3.63, 3.8) is 0 Å². The number of amides is 1. The molecule has 1 aromatic rings. The van der Waals surface area contributed by atoms with Crippen LogP contribution in [0.1, 0.15) is 34.8 Å². The number of aryl methyl sites for hydroxylation is 1. The third-order valence-electron chi connectivity index (χ3n) is 3.01. The predicted molar refractivity (Wildman–Crippen MR) is 83.1 cm³/mol. The third-order valence-corrected chi connectivity index (χ3v) is 3.01. The monoisotopic (exact) mass is 289 g/mol. The number of rotatable bonds is 6. The Balaban J connectivity index is 2.75. The van der Waals surface area contributed by atoms with E-state index in [0.29, 0.717) is 25.1 Å². The van der Waals surface area contributed by atoms with Gasteiger partial charge in [-0.05, 0) is 30.5 Å². The molecule has 0 aromatic heterocycles. The van der Waals surface area contributed by atoms with Gasteiger partial charge in [-0.2, -0.15) is 0 Å². The lowest BCUT2D eigenvalue weighted by molar-refractivity contribution is 0.0933. The van der Waals surface area contributed by atoms with E-state index in [2.05, 4.69) is 17.2 Å². The van der Waals surface area contributed by atoms with E-state index >= 15 is 0 Å². The van der Waals surface area contributed by atoms with Gasteiger partial charge in [0.1, 0.15) is 0 Å². The molecule has 0 bridgehead atoms. The second-order valence-electron chi connectivity index (χ2n) is 5.08. The fraction of sp³-hybridized carbons (Fsp3) is 0.471. The van der Waals surface area contributed by atoms with E-state index in [0.717, 1.165) is 11.1 Å². The maximum Gasteiger partial charge on any atom is 0.251 e. The van der Waals surface area contributed by atoms with Crippen molar-refractivity contribution < 1.29 is 14.6 Å². The van der Waals surface area contributed by atoms with Crippen molar-refractivity contribution in [1.82, 2.24) is 5.32 Å². The van der Waals surface area contributed by atoms with Gasteiger partial charge in [-0.3, -0.25) is 4.79 Å². The molecule has 0 spiro atoms. The lowest BCUT2D eigenvalue weighted by Gasteiger charge is -2.12. The van der Waals surface area contributed by atoms with E-state index in [1.54, 1.807) is 13.2 Å². The van der Waals surface area contributed by atoms with E-state index in [9.17, 15) is 4.79 Å². The van der Waals surface area contributed by atoms with Crippen molar-refractivity contribution >= 4 is 5.91 Å². The molecule has 4 nitrogen and oxygen atoms in total. The molecule has 1 rings (SSSR count). The lowest BCUT2D eigenvalue weighted by atomic mass is 10.0. The number of hydrogen-bond acceptors (Lipinski definition) is 3. The Bertz CT molecular complexity index is 529. The van der Waals surface area contributed by atoms with E-state index in [1.165, 1.54) is 0 Å². The lowest BCUT2D eigenvalue weighted by Crippen LogP contribution is -2.30. The van der Waals surface area contributed by atoms with Crippen LogP contribution in [0, 0.1) is 24.7 Å². The number of methoxy groups -OCH3 is 1. The summed E-state index contributed by atoms with van der Waals surface area (Å²) in [4.78, 5) is 12.2. The normalized spacial score (nSPS) is 11.4. The van der Waals surface area contributed by atoms with Gasteiger partial charge in [-0.15, -0.1) is 0 Å². The van der Waals surface area contributed by atoms with Gasteiger partial charge in [0.05, 0.1) is 13.2 Å². The Hall–Kier alpha value is -1.83. The molecule has 1 amide bonds. The molecule has 4 heteroatoms. The topological polar surface area (TPSA) is 58.6 Å². The number of carbonyl (C=O) groups excluding carboxylic acids is 1. The third kappa shape index (κ3) is 5.99. The zero-order valence-electron chi connectivity index (χ0n) is 12.9. The van der Waals surface area contributed by atoms with Crippen molar-refractivity contribution in [2.75, 3.05) is 26.9 Å². The van der Waals surface area contributed by atoms with Crippen molar-refractivity contribution in [2.24, 2.45) is 5.92 Å². The first-order chi connectivity index (χ1) is 10.1. The molecule has 1 aromatic carbocycles. The number of hydrogen-bond donors (Lipinski definition) is 2. The second kappa shape index (κ2) is 9.17. The fourth-order valence-electron chi connectivity index (χ4n) is 1.87. The molecule has 0 aliphatic carbocycles. The number of benzene rings is 1. The summed E-state index contributed by atoms with van der Waals surface area (Å²) in [7, 11) is 1.65. The molecule has 0 fully saturated rings. The van der Waals surface area contributed by atoms with Crippen molar-refractivity contribution in [1.29, 1.82) is 0 Å². The summed E-state index contributed by atoms with van der Waals surface area (Å²) in [5, 5.41) is 11.6. The zero-order chi connectivity index (χ0) is 15.7. The first kappa shape index (κ1) is 17.2. The summed E-state index contributed by atoms with van der Waals surface area (Å²) in [6.07, 6.45) is 0.434. The van der Waals surface area contributed by atoms with Crippen LogP contribution in [0.4, 0.5) is 0 Å². The molecular formula is C17H23NO3. The molecule has 0 aliphatic rings. The van der Waals surface area contributed by atoms with Crippen LogP contribution < -0.4 is 5.32 Å². The van der Waals surface area contributed by atoms with Crippen LogP contribution in [-0.2, 0) is 4.74 Å². The summed E-state index contributed by atoms with van der Waals surface area (Å²) >= 11 is 0. The maximum absolute atomic E-state index is 12.2. The molecule has 21 heavy (non-hydrogen) atoms. The van der Waals surface area contributed by atoms with Crippen molar-refractivity contribution in [3.8, 4) is 11.8 Å². The summed E-state index contributed by atoms with van der Waals surface area (Å²) in [5.74, 6) is 5.97. The molecule has 1 unspecified atom stereocenters. The summed E-state index contributed by atoms with van der Waals surface area (Å²) < 4.78 is 5.05. The Morgan fingerprint density at radius 2 is 2.24 bits per heavy atom. The van der Waals surface area contributed by atoms with Crippen LogP contribution in [0.3, 0.4) is 0 Å². The SMILES string of the molecule is COCC(C)CNC(=O)c1cc(C#CCCO)ccc1C. The molecule has 114 valence electrons. The highest BCUT2D eigenvalue weighted by Crippen LogP contribution is 2.11. The smallest absolute Gasteiger partial charge is 0.251 e. The Kier molecular flexibility index (Phi) is 7.52. The quantitative estimate of drug-likeness (QED) is 0.784. The second-order valence-corrected chi connectivity index (χ2v) is 5.08. The Morgan fingerprint density at radius 3 is 2.90 bits per heavy atom. The molecule has 1 atom stereocenters. The largest absolute Gasteiger partial charge is 0.395 e. The zero-order valence-corrected chi connectivity index (χ0v) is 12.9. The van der Waals surface area contributed by atoms with E-state index < -0.39 is 0 Å². The Labute approximate surface area is 126 Å². The first-order valence-electron chi connectivity index (χ1n) is 7.06. The molecular weight excluding hydrogens is 266 g/mol. The molecule has 0 saturated carbocycles. The van der Waals surface area contributed by atoms with E-state index in [4.69, 9.17) is 9.84 Å². The minimum Gasteiger partial charge on any atom is -0.395 e. The van der Waals surface area contributed by atoms with Crippen LogP contribution >= 0.6 is 0 Å². The average Bonchev–Trinajstić information content (AvgIpc) is 2.47. The summed E-state index contributed by atoms with van der Waals surface area (Å²) in [6.45, 7) is 5.16. The van der Waals surface area contributed by atoms with E-state index in [-0.39, 0.29) is 18.4 Å². The highest BCUT2D eigenvalue weighted by molar-refractivity contribution is 5.96. The van der Waals surface area contributed by atoms with Crippen LogP contribution in [0.25, 0.3) is 0 Å². The van der Waals surface area contributed by atoms with Crippen LogP contribution in [0.15, 0.2) is 18.2 Å². The summed E-state index contributed by atoms with van der Waals surface area (Å²) in [5.41, 5.74) is 2.33. The van der Waals surface area contributed by atoms with Gasteiger partial charge in [-0.1, -0.05) is 24.8 Å². The van der Waals surface area contributed by atoms with Gasteiger partial charge in [0, 0.05) is 31.2 Å². The van der Waals surface area contributed by atoms with Gasteiger partial charge in [0.2, 0.25) is 0 Å². The van der Waals surface area contributed by atoms with Gasteiger partial charge in [0.25, 0.3) is 5.91 Å². The van der Waals surface area contributed by atoms with Gasteiger partial charge in [0.15, 0.2) is 0 Å². The number of aliphatic hydroxyl groups excluding tert-OH is 1. The van der Waals surface area contributed by atoms with Gasteiger partial charge in [-0.25, -0.2) is 0 Å². The highest BCUT2D eigenvalue weighted by atomic mass is 16.5. The number of carbonyl (C=O) groups is 1. The van der Waals surface area contributed by atoms with Crippen molar-refractivity contribution in [2.45, 2.75) is 20.3 Å².